The standard InChI is InChI=1S/C24H26N2O3S/c1-4-22(20-15-14-17(2)16-18(20)3)25-24(27)21-12-8-9-13-23(21)26-30(28,29)19-10-6-5-7-11-19/h5-16,22,26H,4H2,1-3H3,(H,25,27)/t22-/m0/s1. The van der Waals surface area contributed by atoms with E-state index in [4.69, 9.17) is 0 Å². The number of carbonyl (C=O) groups is 1. The lowest BCUT2D eigenvalue weighted by Gasteiger charge is -2.21. The molecule has 0 aromatic heterocycles. The van der Waals surface area contributed by atoms with Crippen LogP contribution in [-0.4, -0.2) is 14.3 Å². The molecule has 5 nitrogen and oxygen atoms in total. The molecule has 0 unspecified atom stereocenters. The maximum Gasteiger partial charge on any atom is 0.261 e. The molecule has 0 fully saturated rings. The normalized spacial score (nSPS) is 12.2. The summed E-state index contributed by atoms with van der Waals surface area (Å²) < 4.78 is 28.0. The Kier molecular flexibility index (Phi) is 6.57. The summed E-state index contributed by atoms with van der Waals surface area (Å²) >= 11 is 0. The first-order chi connectivity index (χ1) is 14.3. The molecule has 30 heavy (non-hydrogen) atoms. The van der Waals surface area contributed by atoms with Crippen molar-refractivity contribution >= 4 is 21.6 Å². The molecule has 0 aliphatic heterocycles. The zero-order chi connectivity index (χ0) is 21.7. The van der Waals surface area contributed by atoms with Gasteiger partial charge < -0.3 is 5.32 Å². The number of amides is 1. The minimum atomic E-state index is -3.80. The molecule has 1 amide bonds. The maximum atomic E-state index is 13.1. The van der Waals surface area contributed by atoms with E-state index in [9.17, 15) is 13.2 Å². The highest BCUT2D eigenvalue weighted by Gasteiger charge is 2.21. The average molecular weight is 423 g/mol. The van der Waals surface area contributed by atoms with E-state index in [1.54, 1.807) is 42.5 Å². The summed E-state index contributed by atoms with van der Waals surface area (Å²) in [7, 11) is -3.80. The first-order valence-corrected chi connectivity index (χ1v) is 11.3. The molecule has 0 saturated carbocycles. The number of para-hydroxylation sites is 1. The lowest BCUT2D eigenvalue weighted by atomic mass is 9.97. The van der Waals surface area contributed by atoms with Crippen LogP contribution in [0.25, 0.3) is 0 Å². The van der Waals surface area contributed by atoms with Gasteiger partial charge in [-0.05, 0) is 55.7 Å². The van der Waals surface area contributed by atoms with E-state index in [-0.39, 0.29) is 28.1 Å². The van der Waals surface area contributed by atoms with Gasteiger partial charge in [-0.3, -0.25) is 9.52 Å². The Hall–Kier alpha value is -3.12. The number of benzene rings is 3. The Morgan fingerprint density at radius 2 is 1.60 bits per heavy atom. The van der Waals surface area contributed by atoms with Crippen LogP contribution in [0.15, 0.2) is 77.7 Å². The molecule has 0 radical (unpaired) electrons. The fraction of sp³-hybridized carbons (Fsp3) is 0.208. The maximum absolute atomic E-state index is 13.1. The summed E-state index contributed by atoms with van der Waals surface area (Å²) in [4.78, 5) is 13.2. The van der Waals surface area contributed by atoms with E-state index < -0.39 is 10.0 Å². The smallest absolute Gasteiger partial charge is 0.261 e. The first-order valence-electron chi connectivity index (χ1n) is 9.86. The molecular formula is C24H26N2O3S. The minimum Gasteiger partial charge on any atom is -0.345 e. The molecule has 0 aliphatic carbocycles. The molecule has 0 bridgehead atoms. The van der Waals surface area contributed by atoms with Crippen molar-refractivity contribution in [3.05, 3.63) is 95.1 Å². The number of nitrogens with one attached hydrogen (secondary N) is 2. The van der Waals surface area contributed by atoms with E-state index in [2.05, 4.69) is 16.1 Å². The molecule has 156 valence electrons. The van der Waals surface area contributed by atoms with Crippen LogP contribution >= 0.6 is 0 Å². The average Bonchev–Trinajstić information content (AvgIpc) is 2.73. The third kappa shape index (κ3) is 4.89. The monoisotopic (exact) mass is 422 g/mol. The molecule has 0 spiro atoms. The second-order valence-electron chi connectivity index (χ2n) is 7.26. The van der Waals surface area contributed by atoms with Gasteiger partial charge in [-0.1, -0.05) is 61.0 Å². The number of carbonyl (C=O) groups excluding carboxylic acids is 1. The van der Waals surface area contributed by atoms with Crippen LogP contribution in [-0.2, 0) is 10.0 Å². The molecule has 1 atom stereocenters. The highest BCUT2D eigenvalue weighted by molar-refractivity contribution is 7.92. The van der Waals surface area contributed by atoms with Gasteiger partial charge in [0.25, 0.3) is 15.9 Å². The van der Waals surface area contributed by atoms with E-state index in [0.29, 0.717) is 6.42 Å². The summed E-state index contributed by atoms with van der Waals surface area (Å²) in [6, 6.07) is 20.7. The minimum absolute atomic E-state index is 0.141. The summed E-state index contributed by atoms with van der Waals surface area (Å²) in [6.07, 6.45) is 0.716. The molecule has 0 heterocycles. The molecule has 0 aliphatic rings. The summed E-state index contributed by atoms with van der Waals surface area (Å²) in [5.74, 6) is -0.326. The van der Waals surface area contributed by atoms with Crippen molar-refractivity contribution in [1.82, 2.24) is 5.32 Å². The van der Waals surface area contributed by atoms with Gasteiger partial charge in [0, 0.05) is 0 Å². The van der Waals surface area contributed by atoms with Crippen LogP contribution in [0.4, 0.5) is 5.69 Å². The second-order valence-corrected chi connectivity index (χ2v) is 8.94. The molecule has 3 aromatic carbocycles. The first kappa shape index (κ1) is 21.6. The Bertz CT molecular complexity index is 1140. The molecule has 6 heteroatoms. The van der Waals surface area contributed by atoms with Gasteiger partial charge in [-0.15, -0.1) is 0 Å². The van der Waals surface area contributed by atoms with Crippen molar-refractivity contribution in [3.63, 3.8) is 0 Å². The number of hydrogen-bond acceptors (Lipinski definition) is 3. The summed E-state index contributed by atoms with van der Waals surface area (Å²) in [5, 5.41) is 3.05. The third-order valence-corrected chi connectivity index (χ3v) is 6.37. The quantitative estimate of drug-likeness (QED) is 0.563. The SMILES string of the molecule is CC[C@H](NC(=O)c1ccccc1NS(=O)(=O)c1ccccc1)c1ccc(C)cc1C. The van der Waals surface area contributed by atoms with Crippen LogP contribution in [0.3, 0.4) is 0 Å². The fourth-order valence-corrected chi connectivity index (χ4v) is 4.53. The van der Waals surface area contributed by atoms with E-state index in [0.717, 1.165) is 16.7 Å². The van der Waals surface area contributed by atoms with Crippen molar-refractivity contribution in [2.45, 2.75) is 38.1 Å². The van der Waals surface area contributed by atoms with Crippen molar-refractivity contribution in [1.29, 1.82) is 0 Å². The van der Waals surface area contributed by atoms with E-state index in [1.807, 2.05) is 32.9 Å². The van der Waals surface area contributed by atoms with Gasteiger partial charge in [0.2, 0.25) is 0 Å². The zero-order valence-electron chi connectivity index (χ0n) is 17.3. The van der Waals surface area contributed by atoms with Crippen molar-refractivity contribution in [2.75, 3.05) is 4.72 Å². The van der Waals surface area contributed by atoms with E-state index in [1.165, 1.54) is 12.1 Å². The zero-order valence-corrected chi connectivity index (χ0v) is 18.2. The Labute approximate surface area is 178 Å². The van der Waals surface area contributed by atoms with Crippen LogP contribution in [0.1, 0.15) is 46.4 Å². The number of aryl methyl sites for hydroxylation is 2. The van der Waals surface area contributed by atoms with Crippen LogP contribution in [0.5, 0.6) is 0 Å². The number of rotatable bonds is 7. The topological polar surface area (TPSA) is 75.3 Å². The number of sulfonamides is 1. The lowest BCUT2D eigenvalue weighted by Crippen LogP contribution is -2.29. The molecule has 0 saturated heterocycles. The van der Waals surface area contributed by atoms with Crippen molar-refractivity contribution in [2.24, 2.45) is 0 Å². The van der Waals surface area contributed by atoms with Gasteiger partial charge >= 0.3 is 0 Å². The third-order valence-electron chi connectivity index (χ3n) is 4.98. The van der Waals surface area contributed by atoms with Crippen LogP contribution < -0.4 is 10.0 Å². The second kappa shape index (κ2) is 9.13. The Morgan fingerprint density at radius 1 is 0.933 bits per heavy atom. The van der Waals surface area contributed by atoms with Crippen molar-refractivity contribution < 1.29 is 13.2 Å². The highest BCUT2D eigenvalue weighted by atomic mass is 32.2. The van der Waals surface area contributed by atoms with Gasteiger partial charge in [0.1, 0.15) is 0 Å². The van der Waals surface area contributed by atoms with Crippen LogP contribution in [0, 0.1) is 13.8 Å². The van der Waals surface area contributed by atoms with Gasteiger partial charge in [0.05, 0.1) is 22.2 Å². The van der Waals surface area contributed by atoms with Gasteiger partial charge in [0.15, 0.2) is 0 Å². The highest BCUT2D eigenvalue weighted by Crippen LogP contribution is 2.24. The molecular weight excluding hydrogens is 396 g/mol. The number of hydrogen-bond donors (Lipinski definition) is 2. The predicted octanol–water partition coefficient (Wildman–Crippen LogP) is 4.99. The Balaban J connectivity index is 1.86. The molecule has 3 aromatic rings. The molecule has 3 rings (SSSR count). The van der Waals surface area contributed by atoms with Crippen LogP contribution in [0.2, 0.25) is 0 Å². The van der Waals surface area contributed by atoms with Crippen molar-refractivity contribution in [3.8, 4) is 0 Å². The summed E-state index contributed by atoms with van der Waals surface area (Å²) in [6.45, 7) is 6.07. The van der Waals surface area contributed by atoms with Gasteiger partial charge in [-0.25, -0.2) is 8.42 Å². The lowest BCUT2D eigenvalue weighted by molar-refractivity contribution is 0.0936. The van der Waals surface area contributed by atoms with Gasteiger partial charge in [-0.2, -0.15) is 0 Å². The number of anilines is 1. The largest absolute Gasteiger partial charge is 0.345 e. The Morgan fingerprint density at radius 3 is 2.27 bits per heavy atom. The van der Waals surface area contributed by atoms with E-state index >= 15 is 0 Å². The predicted molar refractivity (Wildman–Crippen MR) is 120 cm³/mol. The summed E-state index contributed by atoms with van der Waals surface area (Å²) in [5.41, 5.74) is 3.85. The molecule has 2 N–H and O–H groups in total. The fourth-order valence-electron chi connectivity index (χ4n) is 3.43.